The maximum absolute atomic E-state index is 13.8. The summed E-state index contributed by atoms with van der Waals surface area (Å²) in [6, 6.07) is 12.4. The Morgan fingerprint density at radius 2 is 1.76 bits per heavy atom. The Hall–Kier alpha value is -2.45. The van der Waals surface area contributed by atoms with Crippen LogP contribution in [0.3, 0.4) is 0 Å². The van der Waals surface area contributed by atoms with E-state index in [4.69, 9.17) is 0 Å². The number of piperidine rings is 1. The molecule has 1 saturated heterocycles. The monoisotopic (exact) mass is 420 g/mol. The molecule has 1 N–H and O–H groups in total. The van der Waals surface area contributed by atoms with Gasteiger partial charge in [-0.2, -0.15) is 13.2 Å². The zero-order chi connectivity index (χ0) is 20.6. The second kappa shape index (κ2) is 7.76. The largest absolute Gasteiger partial charge is 0.481 e. The zero-order valence-electron chi connectivity index (χ0n) is 15.4. The quantitative estimate of drug-likeness (QED) is 0.630. The highest BCUT2D eigenvalue weighted by atomic mass is 32.1. The summed E-state index contributed by atoms with van der Waals surface area (Å²) < 4.78 is 42.2. The molecule has 3 aromatic rings. The molecular weight excluding hydrogens is 401 g/mol. The van der Waals surface area contributed by atoms with E-state index in [2.05, 4.69) is 4.98 Å². The van der Waals surface area contributed by atoms with Crippen LogP contribution in [0.25, 0.3) is 10.2 Å². The predicted molar refractivity (Wildman–Crippen MR) is 105 cm³/mol. The van der Waals surface area contributed by atoms with Gasteiger partial charge in [-0.3, -0.25) is 9.69 Å². The molecular formula is C21H19F3N2O2S. The van der Waals surface area contributed by atoms with Crippen molar-refractivity contribution in [3.8, 4) is 0 Å². The lowest BCUT2D eigenvalue weighted by molar-refractivity contribution is -0.143. The molecule has 1 unspecified atom stereocenters. The fraction of sp³-hybridized carbons (Fsp3) is 0.333. The summed E-state index contributed by atoms with van der Waals surface area (Å²) in [5.41, 5.74) is 0.236. The van der Waals surface area contributed by atoms with E-state index in [1.54, 1.807) is 6.07 Å². The maximum atomic E-state index is 13.8. The number of likely N-dealkylation sites (tertiary alicyclic amines) is 1. The van der Waals surface area contributed by atoms with Crippen molar-refractivity contribution in [3.63, 3.8) is 0 Å². The normalized spacial score (nSPS) is 17.5. The molecule has 0 aliphatic carbocycles. The highest BCUT2D eigenvalue weighted by molar-refractivity contribution is 7.18. The third kappa shape index (κ3) is 4.00. The summed E-state index contributed by atoms with van der Waals surface area (Å²) in [5.74, 6) is -1.31. The molecule has 1 aromatic heterocycles. The average molecular weight is 420 g/mol. The topological polar surface area (TPSA) is 53.4 Å². The number of carboxylic acid groups (broad SMARTS) is 1. The molecule has 4 nitrogen and oxygen atoms in total. The number of hydrogen-bond acceptors (Lipinski definition) is 4. The third-order valence-electron chi connectivity index (χ3n) is 5.35. The Morgan fingerprint density at radius 3 is 2.41 bits per heavy atom. The van der Waals surface area contributed by atoms with Gasteiger partial charge in [-0.1, -0.05) is 30.3 Å². The van der Waals surface area contributed by atoms with Crippen LogP contribution < -0.4 is 0 Å². The number of carbonyl (C=O) groups is 1. The first-order valence-electron chi connectivity index (χ1n) is 9.33. The van der Waals surface area contributed by atoms with Crippen LogP contribution in [0.2, 0.25) is 0 Å². The van der Waals surface area contributed by atoms with Gasteiger partial charge in [0.1, 0.15) is 5.01 Å². The molecule has 2 aromatic carbocycles. The van der Waals surface area contributed by atoms with E-state index in [9.17, 15) is 23.1 Å². The lowest BCUT2D eigenvalue weighted by Gasteiger charge is -2.36. The second-order valence-electron chi connectivity index (χ2n) is 7.16. The number of halogens is 3. The van der Waals surface area contributed by atoms with Crippen molar-refractivity contribution in [1.82, 2.24) is 9.88 Å². The molecule has 1 aliphatic heterocycles. The standard InChI is InChI=1S/C21H19F3N2O2S/c22-21(23,24)15-6-2-1-5-14(15)18(26-11-9-13(10-12-26)20(27)28)19-25-16-7-3-4-8-17(16)29-19/h1-8,13,18H,9-12H2,(H,27,28). The first kappa shape index (κ1) is 19.8. The SMILES string of the molecule is O=C(O)C1CCN(C(c2nc3ccccc3s2)c2ccccc2C(F)(F)F)CC1. The summed E-state index contributed by atoms with van der Waals surface area (Å²) >= 11 is 1.38. The number of nitrogens with zero attached hydrogens (tertiary/aromatic N) is 2. The van der Waals surface area contributed by atoms with Gasteiger partial charge in [-0.25, -0.2) is 4.98 Å². The van der Waals surface area contributed by atoms with E-state index in [1.165, 1.54) is 23.5 Å². The average Bonchev–Trinajstić information content (AvgIpc) is 3.12. The molecule has 152 valence electrons. The van der Waals surface area contributed by atoms with Crippen molar-refractivity contribution in [3.05, 3.63) is 64.7 Å². The Balaban J connectivity index is 1.79. The molecule has 1 aliphatic rings. The number of alkyl halides is 3. The van der Waals surface area contributed by atoms with Gasteiger partial charge in [0.15, 0.2) is 0 Å². The lowest BCUT2D eigenvalue weighted by Crippen LogP contribution is -2.39. The molecule has 8 heteroatoms. The molecule has 0 spiro atoms. The molecule has 0 bridgehead atoms. The summed E-state index contributed by atoms with van der Waals surface area (Å²) in [4.78, 5) is 17.9. The highest BCUT2D eigenvalue weighted by Gasteiger charge is 2.39. The van der Waals surface area contributed by atoms with E-state index in [-0.39, 0.29) is 5.56 Å². The van der Waals surface area contributed by atoms with E-state index >= 15 is 0 Å². The molecule has 1 fully saturated rings. The fourth-order valence-corrected chi connectivity index (χ4v) is 5.01. The zero-order valence-corrected chi connectivity index (χ0v) is 16.2. The lowest BCUT2D eigenvalue weighted by atomic mass is 9.92. The number of rotatable bonds is 4. The number of aromatic nitrogens is 1. The van der Waals surface area contributed by atoms with E-state index in [1.807, 2.05) is 29.2 Å². The number of thiazole rings is 1. The minimum atomic E-state index is -4.48. The predicted octanol–water partition coefficient (Wildman–Crippen LogP) is 5.20. The molecule has 0 amide bonds. The molecule has 4 rings (SSSR count). The molecule has 1 atom stereocenters. The first-order valence-corrected chi connectivity index (χ1v) is 10.1. The van der Waals surface area contributed by atoms with Crippen molar-refractivity contribution < 1.29 is 23.1 Å². The summed E-state index contributed by atoms with van der Waals surface area (Å²) in [7, 11) is 0. The van der Waals surface area contributed by atoms with Crippen molar-refractivity contribution in [2.45, 2.75) is 25.1 Å². The Labute approximate surface area is 169 Å². The van der Waals surface area contributed by atoms with Gasteiger partial charge < -0.3 is 5.11 Å². The van der Waals surface area contributed by atoms with Gasteiger partial charge in [-0.05, 0) is 49.7 Å². The van der Waals surface area contributed by atoms with Gasteiger partial charge in [0.2, 0.25) is 0 Å². The van der Waals surface area contributed by atoms with Crippen LogP contribution in [-0.4, -0.2) is 34.0 Å². The minimum Gasteiger partial charge on any atom is -0.481 e. The highest BCUT2D eigenvalue weighted by Crippen LogP contribution is 2.42. The van der Waals surface area contributed by atoms with Gasteiger partial charge in [-0.15, -0.1) is 11.3 Å². The van der Waals surface area contributed by atoms with Crippen LogP contribution in [-0.2, 0) is 11.0 Å². The smallest absolute Gasteiger partial charge is 0.416 e. The number of para-hydroxylation sites is 1. The summed E-state index contributed by atoms with van der Waals surface area (Å²) in [6.07, 6.45) is -3.67. The number of fused-ring (bicyclic) bond motifs is 1. The van der Waals surface area contributed by atoms with E-state index in [0.717, 1.165) is 16.3 Å². The third-order valence-corrected chi connectivity index (χ3v) is 6.44. The Morgan fingerprint density at radius 1 is 1.10 bits per heavy atom. The van der Waals surface area contributed by atoms with Gasteiger partial charge in [0, 0.05) is 0 Å². The van der Waals surface area contributed by atoms with Crippen LogP contribution in [0.5, 0.6) is 0 Å². The van der Waals surface area contributed by atoms with Crippen LogP contribution in [0.15, 0.2) is 48.5 Å². The number of carboxylic acids is 1. The first-order chi connectivity index (χ1) is 13.8. The number of hydrogen-bond donors (Lipinski definition) is 1. The Bertz CT molecular complexity index is 993. The van der Waals surface area contributed by atoms with Crippen LogP contribution in [0.4, 0.5) is 13.2 Å². The maximum Gasteiger partial charge on any atom is 0.416 e. The van der Waals surface area contributed by atoms with Crippen molar-refractivity contribution in [1.29, 1.82) is 0 Å². The minimum absolute atomic E-state index is 0.160. The van der Waals surface area contributed by atoms with Crippen LogP contribution >= 0.6 is 11.3 Å². The van der Waals surface area contributed by atoms with E-state index < -0.39 is 29.7 Å². The number of aliphatic carboxylic acids is 1. The van der Waals surface area contributed by atoms with E-state index in [0.29, 0.717) is 30.9 Å². The van der Waals surface area contributed by atoms with Gasteiger partial charge >= 0.3 is 12.1 Å². The van der Waals surface area contributed by atoms with Crippen molar-refractivity contribution in [2.24, 2.45) is 5.92 Å². The molecule has 29 heavy (non-hydrogen) atoms. The van der Waals surface area contributed by atoms with Crippen LogP contribution in [0.1, 0.15) is 35.0 Å². The van der Waals surface area contributed by atoms with Crippen molar-refractivity contribution in [2.75, 3.05) is 13.1 Å². The van der Waals surface area contributed by atoms with Gasteiger partial charge in [0.05, 0.1) is 27.7 Å². The van der Waals surface area contributed by atoms with Crippen LogP contribution in [0, 0.1) is 5.92 Å². The Kier molecular flexibility index (Phi) is 5.31. The number of benzene rings is 2. The van der Waals surface area contributed by atoms with Crippen molar-refractivity contribution >= 4 is 27.5 Å². The van der Waals surface area contributed by atoms with Gasteiger partial charge in [0.25, 0.3) is 0 Å². The molecule has 0 saturated carbocycles. The summed E-state index contributed by atoms with van der Waals surface area (Å²) in [6.45, 7) is 0.813. The molecule has 0 radical (unpaired) electrons. The fourth-order valence-electron chi connectivity index (χ4n) is 3.89. The second-order valence-corrected chi connectivity index (χ2v) is 8.22. The molecule has 2 heterocycles. The summed E-state index contributed by atoms with van der Waals surface area (Å²) in [5, 5.41) is 9.86.